The molecule has 27 heavy (non-hydrogen) atoms. The second-order valence-electron chi connectivity index (χ2n) is 7.66. The van der Waals surface area contributed by atoms with Gasteiger partial charge in [-0.25, -0.2) is 4.79 Å². The zero-order valence-corrected chi connectivity index (χ0v) is 16.2. The van der Waals surface area contributed by atoms with E-state index >= 15 is 0 Å². The second kappa shape index (κ2) is 7.42. The topological polar surface area (TPSA) is 85.5 Å². The number of fused-ring (bicyclic) bond motifs is 1. The third-order valence-electron chi connectivity index (χ3n) is 5.19. The predicted molar refractivity (Wildman–Crippen MR) is 105 cm³/mol. The number of carbonyl (C=O) groups excluding carboxylic acids is 2. The van der Waals surface area contributed by atoms with E-state index in [1.807, 2.05) is 6.07 Å². The van der Waals surface area contributed by atoms with Gasteiger partial charge in [0.1, 0.15) is 5.69 Å². The number of aromatic amines is 1. The van der Waals surface area contributed by atoms with Gasteiger partial charge in [0.25, 0.3) is 5.91 Å². The number of nitrogens with zero attached hydrogens (tertiary/aromatic N) is 2. The fraction of sp³-hybridized carbons (Fsp3) is 0.450. The Hall–Kier alpha value is -2.83. The largest absolute Gasteiger partial charge is 0.350 e. The van der Waals surface area contributed by atoms with Crippen molar-refractivity contribution in [3.63, 3.8) is 0 Å². The van der Waals surface area contributed by atoms with E-state index < -0.39 is 0 Å². The number of amides is 3. The van der Waals surface area contributed by atoms with Gasteiger partial charge in [0.05, 0.1) is 6.04 Å². The number of benzene rings is 1. The molecule has 2 aromatic rings. The standard InChI is InChI=1S/C20H26N4O3/c1-12(2)14-10-24(11-17(14)22-20(27)23(3)4)19(26)16-9-18(25)13-7-5-6-8-15(13)21-16/h5-9,12,14,17H,10-11H2,1-4H3,(H,21,25)(H,22,27)/t14-,17+/m0/s1. The summed E-state index contributed by atoms with van der Waals surface area (Å²) < 4.78 is 0. The van der Waals surface area contributed by atoms with E-state index in [1.54, 1.807) is 37.2 Å². The molecule has 1 aromatic heterocycles. The third-order valence-corrected chi connectivity index (χ3v) is 5.19. The van der Waals surface area contributed by atoms with Crippen LogP contribution in [-0.2, 0) is 0 Å². The van der Waals surface area contributed by atoms with Crippen LogP contribution >= 0.6 is 0 Å². The molecule has 144 valence electrons. The van der Waals surface area contributed by atoms with Gasteiger partial charge >= 0.3 is 6.03 Å². The summed E-state index contributed by atoms with van der Waals surface area (Å²) >= 11 is 0. The number of carbonyl (C=O) groups is 2. The van der Waals surface area contributed by atoms with Crippen LogP contribution in [0.2, 0.25) is 0 Å². The highest BCUT2D eigenvalue weighted by Gasteiger charge is 2.38. The van der Waals surface area contributed by atoms with Crippen molar-refractivity contribution in [2.45, 2.75) is 19.9 Å². The average molecular weight is 370 g/mol. The number of urea groups is 1. The van der Waals surface area contributed by atoms with Gasteiger partial charge in [0, 0.05) is 50.1 Å². The lowest BCUT2D eigenvalue weighted by molar-refractivity contribution is 0.0777. The summed E-state index contributed by atoms with van der Waals surface area (Å²) in [6.07, 6.45) is 0. The first-order chi connectivity index (χ1) is 12.8. The van der Waals surface area contributed by atoms with Crippen molar-refractivity contribution in [2.75, 3.05) is 27.2 Å². The Balaban J connectivity index is 1.85. The molecular formula is C20H26N4O3. The number of aromatic nitrogens is 1. The summed E-state index contributed by atoms with van der Waals surface area (Å²) in [5, 5.41) is 3.57. The summed E-state index contributed by atoms with van der Waals surface area (Å²) in [5.74, 6) is 0.251. The summed E-state index contributed by atoms with van der Waals surface area (Å²) in [6, 6.07) is 8.22. The van der Waals surface area contributed by atoms with Gasteiger partial charge < -0.3 is 20.1 Å². The first-order valence-corrected chi connectivity index (χ1v) is 9.17. The highest BCUT2D eigenvalue weighted by Crippen LogP contribution is 2.26. The maximum absolute atomic E-state index is 13.0. The highest BCUT2D eigenvalue weighted by molar-refractivity contribution is 5.95. The molecule has 2 atom stereocenters. The minimum absolute atomic E-state index is 0.115. The first-order valence-electron chi connectivity index (χ1n) is 9.17. The summed E-state index contributed by atoms with van der Waals surface area (Å²) in [5.41, 5.74) is 0.746. The lowest BCUT2D eigenvalue weighted by atomic mass is 9.91. The van der Waals surface area contributed by atoms with Crippen LogP contribution in [0.4, 0.5) is 4.79 Å². The quantitative estimate of drug-likeness (QED) is 0.865. The molecule has 0 bridgehead atoms. The number of hydrogen-bond donors (Lipinski definition) is 2. The predicted octanol–water partition coefficient (Wildman–Crippen LogP) is 1.90. The first kappa shape index (κ1) is 18.9. The molecule has 7 heteroatoms. The van der Waals surface area contributed by atoms with Crippen LogP contribution < -0.4 is 10.7 Å². The molecule has 0 unspecified atom stereocenters. The Morgan fingerprint density at radius 1 is 1.22 bits per heavy atom. The van der Waals surface area contributed by atoms with Gasteiger partial charge in [-0.1, -0.05) is 26.0 Å². The van der Waals surface area contributed by atoms with Crippen LogP contribution in [0.15, 0.2) is 35.1 Å². The fourth-order valence-corrected chi connectivity index (χ4v) is 3.59. The van der Waals surface area contributed by atoms with Gasteiger partial charge in [-0.2, -0.15) is 0 Å². The zero-order valence-electron chi connectivity index (χ0n) is 16.2. The van der Waals surface area contributed by atoms with Crippen molar-refractivity contribution in [2.24, 2.45) is 11.8 Å². The smallest absolute Gasteiger partial charge is 0.317 e. The van der Waals surface area contributed by atoms with Crippen molar-refractivity contribution >= 4 is 22.8 Å². The number of hydrogen-bond acceptors (Lipinski definition) is 3. The summed E-state index contributed by atoms with van der Waals surface area (Å²) in [4.78, 5) is 43.7. The van der Waals surface area contributed by atoms with Crippen molar-refractivity contribution in [3.05, 3.63) is 46.2 Å². The second-order valence-corrected chi connectivity index (χ2v) is 7.66. The molecule has 7 nitrogen and oxygen atoms in total. The Morgan fingerprint density at radius 3 is 2.59 bits per heavy atom. The normalized spacial score (nSPS) is 19.5. The van der Waals surface area contributed by atoms with Gasteiger partial charge in [0.2, 0.25) is 0 Å². The average Bonchev–Trinajstić information content (AvgIpc) is 3.05. The molecular weight excluding hydrogens is 344 g/mol. The monoisotopic (exact) mass is 370 g/mol. The Bertz CT molecular complexity index is 919. The van der Waals surface area contributed by atoms with E-state index in [4.69, 9.17) is 0 Å². The molecule has 1 aliphatic rings. The van der Waals surface area contributed by atoms with Crippen molar-refractivity contribution in [1.82, 2.24) is 20.1 Å². The van der Waals surface area contributed by atoms with Crippen LogP contribution in [0.5, 0.6) is 0 Å². The van der Waals surface area contributed by atoms with E-state index in [2.05, 4.69) is 24.1 Å². The van der Waals surface area contributed by atoms with Crippen LogP contribution in [0, 0.1) is 11.8 Å². The van der Waals surface area contributed by atoms with E-state index in [1.165, 1.54) is 11.0 Å². The zero-order chi connectivity index (χ0) is 19.7. The van der Waals surface area contributed by atoms with Gasteiger partial charge in [-0.3, -0.25) is 9.59 Å². The molecule has 0 spiro atoms. The van der Waals surface area contributed by atoms with Crippen molar-refractivity contribution < 1.29 is 9.59 Å². The van der Waals surface area contributed by atoms with Crippen molar-refractivity contribution in [3.8, 4) is 0 Å². The highest BCUT2D eigenvalue weighted by atomic mass is 16.2. The van der Waals surface area contributed by atoms with E-state index in [9.17, 15) is 14.4 Å². The number of para-hydroxylation sites is 1. The number of likely N-dealkylation sites (tertiary alicyclic amines) is 1. The Labute approximate surface area is 158 Å². The van der Waals surface area contributed by atoms with Crippen LogP contribution in [-0.4, -0.2) is 59.9 Å². The fourth-order valence-electron chi connectivity index (χ4n) is 3.59. The molecule has 0 saturated carbocycles. The van der Waals surface area contributed by atoms with Crippen LogP contribution in [0.3, 0.4) is 0 Å². The van der Waals surface area contributed by atoms with Crippen molar-refractivity contribution in [1.29, 1.82) is 0 Å². The molecule has 1 saturated heterocycles. The Morgan fingerprint density at radius 2 is 1.93 bits per heavy atom. The molecule has 1 aliphatic heterocycles. The number of H-pyrrole nitrogens is 1. The molecule has 0 aliphatic carbocycles. The lowest BCUT2D eigenvalue weighted by Crippen LogP contribution is -2.46. The minimum atomic E-state index is -0.217. The van der Waals surface area contributed by atoms with E-state index in [0.717, 1.165) is 0 Å². The minimum Gasteiger partial charge on any atom is -0.350 e. The summed E-state index contributed by atoms with van der Waals surface area (Å²) in [7, 11) is 3.38. The molecule has 2 heterocycles. The van der Waals surface area contributed by atoms with Gasteiger partial charge in [-0.15, -0.1) is 0 Å². The number of pyridine rings is 1. The maximum Gasteiger partial charge on any atom is 0.317 e. The molecule has 3 amide bonds. The van der Waals surface area contributed by atoms with Crippen LogP contribution in [0.1, 0.15) is 24.3 Å². The number of nitrogens with one attached hydrogen (secondary N) is 2. The van der Waals surface area contributed by atoms with E-state index in [-0.39, 0.29) is 35.0 Å². The summed E-state index contributed by atoms with van der Waals surface area (Å²) in [6.45, 7) is 5.15. The van der Waals surface area contributed by atoms with Gasteiger partial charge in [-0.05, 0) is 18.1 Å². The van der Waals surface area contributed by atoms with Gasteiger partial charge in [0.15, 0.2) is 5.43 Å². The van der Waals surface area contributed by atoms with Crippen LogP contribution in [0.25, 0.3) is 10.9 Å². The number of rotatable bonds is 3. The molecule has 3 rings (SSSR count). The maximum atomic E-state index is 13.0. The SMILES string of the molecule is CC(C)[C@@H]1CN(C(=O)c2cc(=O)c3ccccc3[nH]2)C[C@H]1NC(=O)N(C)C. The molecule has 2 N–H and O–H groups in total. The lowest BCUT2D eigenvalue weighted by Gasteiger charge is -2.24. The Kier molecular flexibility index (Phi) is 5.21. The third kappa shape index (κ3) is 3.82. The molecule has 1 aromatic carbocycles. The molecule has 0 radical (unpaired) electrons. The van der Waals surface area contributed by atoms with E-state index in [0.29, 0.717) is 29.9 Å². The molecule has 1 fully saturated rings.